The van der Waals surface area contributed by atoms with Gasteiger partial charge in [0.25, 0.3) is 5.91 Å². The number of carbonyl (C=O) groups is 2. The van der Waals surface area contributed by atoms with Crippen molar-refractivity contribution in [2.75, 3.05) is 14.1 Å². The smallest absolute Gasteiger partial charge is 0.338 e. The van der Waals surface area contributed by atoms with Crippen LogP contribution in [0.3, 0.4) is 0 Å². The van der Waals surface area contributed by atoms with Crippen molar-refractivity contribution in [2.24, 2.45) is 0 Å². The average molecular weight is 471 g/mol. The van der Waals surface area contributed by atoms with Gasteiger partial charge in [-0.05, 0) is 101 Å². The average Bonchev–Trinajstić information content (AvgIpc) is 2.78. The Bertz CT molecular complexity index is 974. The van der Waals surface area contributed by atoms with Crippen molar-refractivity contribution in [1.82, 2.24) is 10.2 Å². The summed E-state index contributed by atoms with van der Waals surface area (Å²) in [6.07, 6.45) is 3.79. The predicted molar refractivity (Wildman–Crippen MR) is 133 cm³/mol. The van der Waals surface area contributed by atoms with Gasteiger partial charge in [-0.25, -0.2) is 4.79 Å². The standard InChI is InChI=1S/C27H35ClN2O3/c1-27(2,3)33-26(32)23-8-6-7-22(24(23)17-29-4)18-11-15-21(16-12-18)30(5)25(31)19-9-13-20(28)14-10-19/h6-10,13-14,18,21,29H,11-12,15-17H2,1-5H3. The normalized spacial score (nSPS) is 18.6. The van der Waals surface area contributed by atoms with E-state index in [1.807, 2.05) is 51.9 Å². The first-order valence-corrected chi connectivity index (χ1v) is 12.0. The molecule has 0 atom stereocenters. The summed E-state index contributed by atoms with van der Waals surface area (Å²) in [7, 11) is 3.78. The Kier molecular flexibility index (Phi) is 8.19. The van der Waals surface area contributed by atoms with Crippen LogP contribution < -0.4 is 5.32 Å². The molecule has 5 nitrogen and oxygen atoms in total. The molecule has 2 aromatic rings. The van der Waals surface area contributed by atoms with Crippen molar-refractivity contribution in [3.8, 4) is 0 Å². The Morgan fingerprint density at radius 2 is 1.70 bits per heavy atom. The Morgan fingerprint density at radius 3 is 2.27 bits per heavy atom. The van der Waals surface area contributed by atoms with E-state index in [1.54, 1.807) is 24.3 Å². The van der Waals surface area contributed by atoms with Crippen LogP contribution >= 0.6 is 11.6 Å². The third kappa shape index (κ3) is 6.36. The van der Waals surface area contributed by atoms with E-state index in [9.17, 15) is 9.59 Å². The number of ether oxygens (including phenoxy) is 1. The minimum absolute atomic E-state index is 0.0258. The van der Waals surface area contributed by atoms with Gasteiger partial charge in [0.2, 0.25) is 0 Å². The lowest BCUT2D eigenvalue weighted by Gasteiger charge is -2.35. The van der Waals surface area contributed by atoms with E-state index in [0.717, 1.165) is 31.2 Å². The van der Waals surface area contributed by atoms with Crippen LogP contribution in [0, 0.1) is 0 Å². The van der Waals surface area contributed by atoms with Crippen LogP contribution in [-0.2, 0) is 11.3 Å². The molecule has 0 aliphatic heterocycles. The van der Waals surface area contributed by atoms with E-state index in [4.69, 9.17) is 16.3 Å². The van der Waals surface area contributed by atoms with E-state index in [-0.39, 0.29) is 17.9 Å². The summed E-state index contributed by atoms with van der Waals surface area (Å²) < 4.78 is 5.66. The number of nitrogens with one attached hydrogen (secondary N) is 1. The predicted octanol–water partition coefficient (Wildman–Crippen LogP) is 5.81. The molecule has 0 aromatic heterocycles. The Balaban J connectivity index is 1.73. The number of rotatable bonds is 6. The highest BCUT2D eigenvalue weighted by Crippen LogP contribution is 2.37. The second-order valence-corrected chi connectivity index (χ2v) is 10.3. The van der Waals surface area contributed by atoms with Crippen LogP contribution in [0.2, 0.25) is 5.02 Å². The molecule has 33 heavy (non-hydrogen) atoms. The topological polar surface area (TPSA) is 58.6 Å². The van der Waals surface area contributed by atoms with Crippen molar-refractivity contribution in [1.29, 1.82) is 0 Å². The second kappa shape index (κ2) is 10.7. The zero-order chi connectivity index (χ0) is 24.2. The highest BCUT2D eigenvalue weighted by molar-refractivity contribution is 6.30. The van der Waals surface area contributed by atoms with Crippen LogP contribution in [0.25, 0.3) is 0 Å². The first-order valence-electron chi connectivity index (χ1n) is 11.6. The SMILES string of the molecule is CNCc1c(C(=O)OC(C)(C)C)cccc1C1CCC(N(C)C(=O)c2ccc(Cl)cc2)CC1. The monoisotopic (exact) mass is 470 g/mol. The lowest BCUT2D eigenvalue weighted by atomic mass is 9.78. The van der Waals surface area contributed by atoms with Gasteiger partial charge in [-0.1, -0.05) is 23.7 Å². The van der Waals surface area contributed by atoms with Crippen LogP contribution in [0.5, 0.6) is 0 Å². The molecule has 1 aliphatic carbocycles. The molecule has 1 N–H and O–H groups in total. The lowest BCUT2D eigenvalue weighted by Crippen LogP contribution is -2.39. The van der Waals surface area contributed by atoms with Gasteiger partial charge in [0, 0.05) is 30.2 Å². The molecular formula is C27H35ClN2O3. The van der Waals surface area contributed by atoms with Crippen LogP contribution in [-0.4, -0.2) is 42.5 Å². The molecule has 0 unspecified atom stereocenters. The lowest BCUT2D eigenvalue weighted by molar-refractivity contribution is 0.00678. The molecule has 178 valence electrons. The van der Waals surface area contributed by atoms with Gasteiger partial charge in [-0.2, -0.15) is 0 Å². The molecule has 6 heteroatoms. The Hall–Kier alpha value is -2.37. The number of benzene rings is 2. The summed E-state index contributed by atoms with van der Waals surface area (Å²) in [6.45, 7) is 6.26. The van der Waals surface area contributed by atoms with Gasteiger partial charge >= 0.3 is 5.97 Å². The minimum atomic E-state index is -0.538. The third-order valence-corrected chi connectivity index (χ3v) is 6.53. The third-order valence-electron chi connectivity index (χ3n) is 6.28. The molecule has 2 aromatic carbocycles. The number of halogens is 1. The van der Waals surface area contributed by atoms with Gasteiger partial charge < -0.3 is 15.0 Å². The summed E-state index contributed by atoms with van der Waals surface area (Å²) in [5.74, 6) is 0.0977. The molecule has 1 saturated carbocycles. The Morgan fingerprint density at radius 1 is 1.06 bits per heavy atom. The molecule has 1 amide bonds. The molecule has 1 aliphatic rings. The molecule has 0 radical (unpaired) electrons. The van der Waals surface area contributed by atoms with Gasteiger partial charge in [0.1, 0.15) is 5.60 Å². The van der Waals surface area contributed by atoms with Gasteiger partial charge in [0.15, 0.2) is 0 Å². The first-order chi connectivity index (χ1) is 15.6. The van der Waals surface area contributed by atoms with Crippen molar-refractivity contribution in [2.45, 2.75) is 70.6 Å². The van der Waals surface area contributed by atoms with Crippen LogP contribution in [0.4, 0.5) is 0 Å². The fourth-order valence-electron chi connectivity index (χ4n) is 4.62. The zero-order valence-corrected chi connectivity index (χ0v) is 21.0. The van der Waals surface area contributed by atoms with Gasteiger partial charge in [-0.15, -0.1) is 0 Å². The summed E-state index contributed by atoms with van der Waals surface area (Å²) in [6, 6.07) is 13.2. The van der Waals surface area contributed by atoms with Crippen LogP contribution in [0.15, 0.2) is 42.5 Å². The number of nitrogens with zero attached hydrogens (tertiary/aromatic N) is 1. The maximum Gasteiger partial charge on any atom is 0.338 e. The first kappa shape index (κ1) is 25.3. The summed E-state index contributed by atoms with van der Waals surface area (Å²) in [5.41, 5.74) is 2.98. The van der Waals surface area contributed by atoms with E-state index in [0.29, 0.717) is 28.6 Å². The quantitative estimate of drug-likeness (QED) is 0.541. The highest BCUT2D eigenvalue weighted by Gasteiger charge is 2.30. The van der Waals surface area contributed by atoms with E-state index >= 15 is 0 Å². The van der Waals surface area contributed by atoms with Crippen LogP contribution in [0.1, 0.15) is 84.2 Å². The van der Waals surface area contributed by atoms with Crippen molar-refractivity contribution >= 4 is 23.5 Å². The molecule has 0 heterocycles. The number of esters is 1. The number of hydrogen-bond acceptors (Lipinski definition) is 4. The Labute approximate surface area is 202 Å². The number of amides is 1. The van der Waals surface area contributed by atoms with E-state index < -0.39 is 5.60 Å². The molecule has 0 bridgehead atoms. The van der Waals surface area contributed by atoms with E-state index in [2.05, 4.69) is 11.4 Å². The van der Waals surface area contributed by atoms with E-state index in [1.165, 1.54) is 5.56 Å². The second-order valence-electron chi connectivity index (χ2n) is 9.83. The maximum atomic E-state index is 12.9. The highest BCUT2D eigenvalue weighted by atomic mass is 35.5. The summed E-state index contributed by atoms with van der Waals surface area (Å²) >= 11 is 5.96. The fourth-order valence-corrected chi connectivity index (χ4v) is 4.75. The van der Waals surface area contributed by atoms with Gasteiger partial charge in [-0.3, -0.25) is 4.79 Å². The molecular weight excluding hydrogens is 436 g/mol. The molecule has 3 rings (SSSR count). The van der Waals surface area contributed by atoms with Crippen molar-refractivity contribution < 1.29 is 14.3 Å². The molecule has 0 spiro atoms. The minimum Gasteiger partial charge on any atom is -0.456 e. The largest absolute Gasteiger partial charge is 0.456 e. The van der Waals surface area contributed by atoms with Gasteiger partial charge in [0.05, 0.1) is 5.56 Å². The van der Waals surface area contributed by atoms with Crippen molar-refractivity contribution in [3.05, 3.63) is 69.7 Å². The summed E-state index contributed by atoms with van der Waals surface area (Å²) in [5, 5.41) is 3.84. The summed E-state index contributed by atoms with van der Waals surface area (Å²) in [4.78, 5) is 27.6. The fraction of sp³-hybridized carbons (Fsp3) is 0.481. The zero-order valence-electron chi connectivity index (χ0n) is 20.3. The van der Waals surface area contributed by atoms with Crippen molar-refractivity contribution in [3.63, 3.8) is 0 Å². The number of hydrogen-bond donors (Lipinski definition) is 1. The maximum absolute atomic E-state index is 12.9. The molecule has 1 fully saturated rings. The number of carbonyl (C=O) groups excluding carboxylic acids is 2. The molecule has 0 saturated heterocycles.